The van der Waals surface area contributed by atoms with Crippen LogP contribution < -0.4 is 5.73 Å². The van der Waals surface area contributed by atoms with Crippen LogP contribution in [0.5, 0.6) is 0 Å². The van der Waals surface area contributed by atoms with Crippen molar-refractivity contribution in [1.29, 1.82) is 0 Å². The Morgan fingerprint density at radius 3 is 2.25 bits per heavy atom. The van der Waals surface area contributed by atoms with Gasteiger partial charge in [0, 0.05) is 19.1 Å². The molecule has 2 saturated heterocycles. The molecule has 16 heavy (non-hydrogen) atoms. The molecule has 0 aromatic rings. The topological polar surface area (TPSA) is 58.8 Å². The summed E-state index contributed by atoms with van der Waals surface area (Å²) in [5, 5.41) is 1.68. The normalized spacial score (nSPS) is 25.5. The van der Waals surface area contributed by atoms with Crippen LogP contribution in [-0.4, -0.2) is 48.3 Å². The summed E-state index contributed by atoms with van der Waals surface area (Å²) in [5.74, 6) is 0. The van der Waals surface area contributed by atoms with E-state index >= 15 is 0 Å². The Morgan fingerprint density at radius 1 is 1.06 bits per heavy atom. The lowest BCUT2D eigenvalue weighted by Crippen LogP contribution is -2.47. The number of nitrogens with zero attached hydrogens (tertiary/aromatic N) is 2. The third kappa shape index (κ3) is 3.09. The van der Waals surface area contributed by atoms with E-state index in [1.807, 2.05) is 0 Å². The first-order valence-corrected chi connectivity index (χ1v) is 6.22. The van der Waals surface area contributed by atoms with Crippen molar-refractivity contribution in [2.75, 3.05) is 26.2 Å². The van der Waals surface area contributed by atoms with Gasteiger partial charge in [-0.05, 0) is 38.8 Å². The average Bonchev–Trinajstić information content (AvgIpc) is 2.30. The zero-order valence-electron chi connectivity index (χ0n) is 9.73. The zero-order valence-corrected chi connectivity index (χ0v) is 9.73. The van der Waals surface area contributed by atoms with Gasteiger partial charge in [0.05, 0.1) is 0 Å². The molecule has 2 rings (SSSR count). The quantitative estimate of drug-likeness (QED) is 0.763. The summed E-state index contributed by atoms with van der Waals surface area (Å²) in [7, 11) is 0. The van der Waals surface area contributed by atoms with Gasteiger partial charge >= 0.3 is 6.09 Å². The van der Waals surface area contributed by atoms with Gasteiger partial charge in [-0.25, -0.2) is 4.79 Å². The van der Waals surface area contributed by atoms with Crippen LogP contribution in [0.15, 0.2) is 0 Å². The highest BCUT2D eigenvalue weighted by atomic mass is 16.7. The monoisotopic (exact) mass is 227 g/mol. The second-order valence-corrected chi connectivity index (χ2v) is 4.67. The summed E-state index contributed by atoms with van der Waals surface area (Å²) >= 11 is 0. The van der Waals surface area contributed by atoms with Crippen LogP contribution in [0.2, 0.25) is 0 Å². The molecule has 0 aliphatic carbocycles. The van der Waals surface area contributed by atoms with Gasteiger partial charge < -0.3 is 15.5 Å². The Morgan fingerprint density at radius 2 is 1.69 bits per heavy atom. The predicted octanol–water partition coefficient (Wildman–Crippen LogP) is 0.947. The first-order valence-electron chi connectivity index (χ1n) is 6.22. The molecule has 0 aromatic heterocycles. The average molecular weight is 227 g/mol. The van der Waals surface area contributed by atoms with Crippen LogP contribution in [0.1, 0.15) is 32.1 Å². The number of primary amides is 1. The second-order valence-electron chi connectivity index (χ2n) is 4.67. The molecule has 0 aromatic carbocycles. The molecule has 0 saturated carbocycles. The van der Waals surface area contributed by atoms with Crippen LogP contribution in [-0.2, 0) is 4.84 Å². The fourth-order valence-electron chi connectivity index (χ4n) is 2.71. The molecule has 92 valence electrons. The van der Waals surface area contributed by atoms with Crippen LogP contribution in [0.4, 0.5) is 4.79 Å². The molecule has 5 heteroatoms. The van der Waals surface area contributed by atoms with Gasteiger partial charge in [0.2, 0.25) is 0 Å². The van der Waals surface area contributed by atoms with Crippen molar-refractivity contribution in [3.05, 3.63) is 0 Å². The minimum absolute atomic E-state index is 0.674. The summed E-state index contributed by atoms with van der Waals surface area (Å²) in [6, 6.07) is 0.674. The Bertz CT molecular complexity index is 233. The number of nitrogens with two attached hydrogens (primary N) is 1. The number of carbonyl (C=O) groups excluding carboxylic acids is 1. The number of piperidine rings is 2. The molecule has 0 atom stereocenters. The molecule has 2 fully saturated rings. The smallest absolute Gasteiger partial charge is 0.351 e. The van der Waals surface area contributed by atoms with Gasteiger partial charge in [-0.15, -0.1) is 5.06 Å². The third-order valence-corrected chi connectivity index (χ3v) is 3.55. The molecule has 0 bridgehead atoms. The molecule has 2 aliphatic rings. The minimum atomic E-state index is -0.698. The highest BCUT2D eigenvalue weighted by Crippen LogP contribution is 2.20. The van der Waals surface area contributed by atoms with E-state index in [-0.39, 0.29) is 0 Å². The SMILES string of the molecule is NC(=O)ON1CCC(N2CCCCC2)CC1. The first kappa shape index (κ1) is 11.7. The van der Waals surface area contributed by atoms with Crippen LogP contribution >= 0.6 is 0 Å². The van der Waals surface area contributed by atoms with E-state index in [1.54, 1.807) is 5.06 Å². The number of likely N-dealkylation sites (tertiary alicyclic amines) is 1. The van der Waals surface area contributed by atoms with Crippen molar-refractivity contribution in [3.63, 3.8) is 0 Å². The lowest BCUT2D eigenvalue weighted by atomic mass is 10.0. The summed E-state index contributed by atoms with van der Waals surface area (Å²) in [6.07, 6.45) is 5.49. The van der Waals surface area contributed by atoms with E-state index in [1.165, 1.54) is 32.4 Å². The second kappa shape index (κ2) is 5.50. The van der Waals surface area contributed by atoms with Gasteiger partial charge in [-0.2, -0.15) is 0 Å². The van der Waals surface area contributed by atoms with E-state index < -0.39 is 6.09 Å². The number of amides is 1. The number of hydrogen-bond acceptors (Lipinski definition) is 4. The molecule has 2 aliphatic heterocycles. The molecular weight excluding hydrogens is 206 g/mol. The third-order valence-electron chi connectivity index (χ3n) is 3.55. The van der Waals surface area contributed by atoms with Crippen molar-refractivity contribution >= 4 is 6.09 Å². The number of carbonyl (C=O) groups is 1. The molecule has 0 unspecified atom stereocenters. The summed E-state index contributed by atoms with van der Waals surface area (Å²) in [6.45, 7) is 4.09. The Hall–Kier alpha value is -0.810. The van der Waals surface area contributed by atoms with Crippen molar-refractivity contribution in [2.24, 2.45) is 5.73 Å². The van der Waals surface area contributed by atoms with Gasteiger partial charge in [0.1, 0.15) is 0 Å². The van der Waals surface area contributed by atoms with Gasteiger partial charge in [-0.3, -0.25) is 0 Å². The fraction of sp³-hybridized carbons (Fsp3) is 0.909. The molecule has 0 radical (unpaired) electrons. The number of rotatable bonds is 2. The van der Waals surface area contributed by atoms with Crippen molar-refractivity contribution in [2.45, 2.75) is 38.1 Å². The highest BCUT2D eigenvalue weighted by Gasteiger charge is 2.26. The van der Waals surface area contributed by atoms with Crippen LogP contribution in [0.25, 0.3) is 0 Å². The lowest BCUT2D eigenvalue weighted by molar-refractivity contribution is -0.119. The van der Waals surface area contributed by atoms with E-state index in [4.69, 9.17) is 10.6 Å². The summed E-state index contributed by atoms with van der Waals surface area (Å²) in [5.41, 5.74) is 4.99. The molecule has 2 N–H and O–H groups in total. The van der Waals surface area contributed by atoms with E-state index in [2.05, 4.69) is 4.90 Å². The summed E-state index contributed by atoms with van der Waals surface area (Å²) in [4.78, 5) is 18.1. The van der Waals surface area contributed by atoms with Gasteiger partial charge in [-0.1, -0.05) is 6.42 Å². The van der Waals surface area contributed by atoms with Crippen LogP contribution in [0.3, 0.4) is 0 Å². The zero-order chi connectivity index (χ0) is 11.4. The van der Waals surface area contributed by atoms with Gasteiger partial charge in [0.25, 0.3) is 0 Å². The first-order chi connectivity index (χ1) is 7.75. The number of hydrogen-bond donors (Lipinski definition) is 1. The van der Waals surface area contributed by atoms with Crippen molar-refractivity contribution < 1.29 is 9.63 Å². The maximum atomic E-state index is 10.6. The fourth-order valence-corrected chi connectivity index (χ4v) is 2.71. The van der Waals surface area contributed by atoms with Crippen LogP contribution in [0, 0.1) is 0 Å². The predicted molar refractivity (Wildman–Crippen MR) is 60.7 cm³/mol. The minimum Gasteiger partial charge on any atom is -0.351 e. The molecule has 1 amide bonds. The molecule has 5 nitrogen and oxygen atoms in total. The van der Waals surface area contributed by atoms with Gasteiger partial charge in [0.15, 0.2) is 0 Å². The standard InChI is InChI=1S/C11H21N3O2/c12-11(15)16-14-8-4-10(5-9-14)13-6-2-1-3-7-13/h10H,1-9H2,(H2,12,15). The summed E-state index contributed by atoms with van der Waals surface area (Å²) < 4.78 is 0. The lowest BCUT2D eigenvalue weighted by Gasteiger charge is -2.39. The maximum absolute atomic E-state index is 10.6. The largest absolute Gasteiger partial charge is 0.423 e. The van der Waals surface area contributed by atoms with E-state index in [9.17, 15) is 4.79 Å². The highest BCUT2D eigenvalue weighted by molar-refractivity contribution is 5.64. The van der Waals surface area contributed by atoms with Crippen molar-refractivity contribution in [1.82, 2.24) is 9.96 Å². The maximum Gasteiger partial charge on any atom is 0.423 e. The van der Waals surface area contributed by atoms with Crippen molar-refractivity contribution in [3.8, 4) is 0 Å². The Labute approximate surface area is 96.5 Å². The Kier molecular flexibility index (Phi) is 4.01. The number of hydroxylamine groups is 2. The Balaban J connectivity index is 1.73. The molecule has 0 spiro atoms. The molecular formula is C11H21N3O2. The van der Waals surface area contributed by atoms with E-state index in [0.29, 0.717) is 6.04 Å². The molecule has 2 heterocycles. The van der Waals surface area contributed by atoms with E-state index in [0.717, 1.165) is 25.9 Å².